The lowest BCUT2D eigenvalue weighted by molar-refractivity contribution is 0.0497. The average Bonchev–Trinajstić information content (AvgIpc) is 2.93. The van der Waals surface area contributed by atoms with Crippen LogP contribution in [0.15, 0.2) is 58.1 Å². The zero-order valence-electron chi connectivity index (χ0n) is 23.9. The summed E-state index contributed by atoms with van der Waals surface area (Å²) < 4.78 is 36.5. The maximum Gasteiger partial charge on any atom is 0.408 e. The highest BCUT2D eigenvalue weighted by Crippen LogP contribution is 2.21. The van der Waals surface area contributed by atoms with Gasteiger partial charge in [0.1, 0.15) is 23.8 Å². The first-order chi connectivity index (χ1) is 19.5. The summed E-state index contributed by atoms with van der Waals surface area (Å²) in [4.78, 5) is 42.7. The molecule has 0 spiro atoms. The predicted octanol–water partition coefficient (Wildman–Crippen LogP) is 3.65. The Balaban J connectivity index is 1.86. The standard InChI is InChI=1S/C30H37F2N5O4/c1-20-26(35-15-13-33-14-16-35)27(38)37(29(40)36(20)18-23-22(17-31)11-8-12-24(23)32)19-25(21-9-6-5-7-10-21)34-28(39)41-30(2,3)4/h5-12,25,33H,13-19H2,1-4H3,(H,34,39)/t25-/m0/s1. The summed E-state index contributed by atoms with van der Waals surface area (Å²) in [7, 11) is 0. The molecule has 0 aliphatic carbocycles. The van der Waals surface area contributed by atoms with Crippen molar-refractivity contribution in [3.8, 4) is 0 Å². The summed E-state index contributed by atoms with van der Waals surface area (Å²) in [6.45, 7) is 7.84. The number of hydrogen-bond acceptors (Lipinski definition) is 6. The van der Waals surface area contributed by atoms with E-state index in [1.807, 2.05) is 11.0 Å². The lowest BCUT2D eigenvalue weighted by atomic mass is 10.1. The second kappa shape index (κ2) is 12.7. The molecule has 9 nitrogen and oxygen atoms in total. The highest BCUT2D eigenvalue weighted by Gasteiger charge is 2.27. The van der Waals surface area contributed by atoms with E-state index >= 15 is 0 Å². The molecule has 2 N–H and O–H groups in total. The molecule has 0 saturated carbocycles. The Labute approximate surface area is 237 Å². The molecule has 0 bridgehead atoms. The number of aromatic nitrogens is 2. The molecule has 2 aromatic carbocycles. The first kappa shape index (κ1) is 30.0. The predicted molar refractivity (Wildman–Crippen MR) is 154 cm³/mol. The summed E-state index contributed by atoms with van der Waals surface area (Å²) in [5.41, 5.74) is -0.453. The largest absolute Gasteiger partial charge is 0.444 e. The number of carbonyl (C=O) groups is 1. The Morgan fingerprint density at radius 2 is 1.73 bits per heavy atom. The van der Waals surface area contributed by atoms with Crippen LogP contribution in [0.2, 0.25) is 0 Å². The maximum atomic E-state index is 14.9. The van der Waals surface area contributed by atoms with Gasteiger partial charge in [-0.3, -0.25) is 13.9 Å². The Morgan fingerprint density at radius 1 is 1.05 bits per heavy atom. The highest BCUT2D eigenvalue weighted by atomic mass is 19.1. The minimum atomic E-state index is -0.902. The van der Waals surface area contributed by atoms with Gasteiger partial charge in [0.2, 0.25) is 0 Å². The van der Waals surface area contributed by atoms with Crippen molar-refractivity contribution in [1.82, 2.24) is 19.8 Å². The number of ether oxygens (including phenoxy) is 1. The SMILES string of the molecule is Cc1c(N2CCNCC2)c(=O)n(C[C@H](NC(=O)OC(C)(C)C)c2ccccc2)c(=O)n1Cc1c(F)cccc1CF. The van der Waals surface area contributed by atoms with Crippen LogP contribution in [0, 0.1) is 12.7 Å². The molecular formula is C30H37F2N5O4. The maximum absolute atomic E-state index is 14.9. The Morgan fingerprint density at radius 3 is 2.37 bits per heavy atom. The van der Waals surface area contributed by atoms with Crippen molar-refractivity contribution in [3.63, 3.8) is 0 Å². The van der Waals surface area contributed by atoms with Gasteiger partial charge in [-0.25, -0.2) is 18.4 Å². The molecule has 11 heteroatoms. The van der Waals surface area contributed by atoms with Crippen molar-refractivity contribution in [2.24, 2.45) is 0 Å². The third-order valence-corrected chi connectivity index (χ3v) is 7.02. The van der Waals surface area contributed by atoms with E-state index in [-0.39, 0.29) is 24.2 Å². The van der Waals surface area contributed by atoms with Crippen LogP contribution in [-0.4, -0.2) is 47.0 Å². The van der Waals surface area contributed by atoms with Crippen LogP contribution in [0.4, 0.5) is 19.3 Å². The number of anilines is 1. The normalized spacial score (nSPS) is 14.5. The molecule has 1 saturated heterocycles. The van der Waals surface area contributed by atoms with E-state index < -0.39 is 41.5 Å². The second-order valence-electron chi connectivity index (χ2n) is 11.1. The fraction of sp³-hybridized carbons (Fsp3) is 0.433. The van der Waals surface area contributed by atoms with Gasteiger partial charge >= 0.3 is 11.8 Å². The minimum Gasteiger partial charge on any atom is -0.444 e. The summed E-state index contributed by atoms with van der Waals surface area (Å²) in [5.74, 6) is -0.637. The number of hydrogen-bond donors (Lipinski definition) is 2. The monoisotopic (exact) mass is 569 g/mol. The van der Waals surface area contributed by atoms with Crippen LogP contribution in [-0.2, 0) is 24.5 Å². The van der Waals surface area contributed by atoms with Crippen molar-refractivity contribution >= 4 is 11.8 Å². The van der Waals surface area contributed by atoms with Crippen LogP contribution in [0.5, 0.6) is 0 Å². The van der Waals surface area contributed by atoms with Crippen LogP contribution >= 0.6 is 0 Å². The van der Waals surface area contributed by atoms with Gasteiger partial charge in [0, 0.05) is 37.4 Å². The first-order valence-corrected chi connectivity index (χ1v) is 13.7. The van der Waals surface area contributed by atoms with Crippen molar-refractivity contribution in [2.75, 3.05) is 31.1 Å². The molecule has 1 aromatic heterocycles. The quantitative estimate of drug-likeness (QED) is 0.430. The van der Waals surface area contributed by atoms with Crippen molar-refractivity contribution in [3.05, 3.63) is 97.6 Å². The minimum absolute atomic E-state index is 0.0446. The molecule has 1 aliphatic rings. The number of alkyl halides is 1. The smallest absolute Gasteiger partial charge is 0.408 e. The number of benzene rings is 2. The molecule has 0 radical (unpaired) electrons. The lowest BCUT2D eigenvalue weighted by Gasteiger charge is -2.32. The third kappa shape index (κ3) is 7.02. The highest BCUT2D eigenvalue weighted by molar-refractivity contribution is 5.68. The average molecular weight is 570 g/mol. The first-order valence-electron chi connectivity index (χ1n) is 13.7. The van der Waals surface area contributed by atoms with Gasteiger partial charge in [-0.1, -0.05) is 42.5 Å². The van der Waals surface area contributed by atoms with E-state index in [4.69, 9.17) is 4.74 Å². The second-order valence-corrected chi connectivity index (χ2v) is 11.1. The summed E-state index contributed by atoms with van der Waals surface area (Å²) >= 11 is 0. The van der Waals surface area contributed by atoms with Gasteiger partial charge in [0.25, 0.3) is 5.56 Å². The number of nitrogens with one attached hydrogen (secondary N) is 2. The summed E-state index contributed by atoms with van der Waals surface area (Å²) in [6, 6.07) is 12.3. The number of carbonyl (C=O) groups excluding carboxylic acids is 1. The van der Waals surface area contributed by atoms with Crippen LogP contribution in [0.1, 0.15) is 49.2 Å². The number of halogens is 2. The Bertz CT molecular complexity index is 1490. The molecule has 3 aromatic rings. The van der Waals surface area contributed by atoms with Crippen molar-refractivity contribution < 1.29 is 18.3 Å². The zero-order valence-corrected chi connectivity index (χ0v) is 23.9. The number of nitrogens with zero attached hydrogens (tertiary/aromatic N) is 3. The number of rotatable bonds is 8. The lowest BCUT2D eigenvalue weighted by Crippen LogP contribution is -2.51. The van der Waals surface area contributed by atoms with Crippen LogP contribution in [0.25, 0.3) is 0 Å². The van der Waals surface area contributed by atoms with Crippen LogP contribution in [0.3, 0.4) is 0 Å². The molecule has 1 aliphatic heterocycles. The molecule has 0 unspecified atom stereocenters. The van der Waals surface area contributed by atoms with Crippen molar-refractivity contribution in [1.29, 1.82) is 0 Å². The van der Waals surface area contributed by atoms with Crippen molar-refractivity contribution in [2.45, 2.75) is 59.1 Å². The molecule has 1 atom stereocenters. The van der Waals surface area contributed by atoms with Crippen LogP contribution < -0.4 is 26.8 Å². The van der Waals surface area contributed by atoms with Gasteiger partial charge in [0.15, 0.2) is 0 Å². The zero-order chi connectivity index (χ0) is 29.7. The van der Waals surface area contributed by atoms with Gasteiger partial charge < -0.3 is 20.3 Å². The number of piperazine rings is 1. The van der Waals surface area contributed by atoms with E-state index in [0.717, 1.165) is 4.57 Å². The Hall–Kier alpha value is -3.99. The van der Waals surface area contributed by atoms with E-state index in [1.54, 1.807) is 52.0 Å². The molecule has 1 fully saturated rings. The summed E-state index contributed by atoms with van der Waals surface area (Å²) in [5, 5.41) is 6.05. The van der Waals surface area contributed by atoms with Gasteiger partial charge in [-0.05, 0) is 44.9 Å². The number of amides is 1. The molecule has 1 amide bonds. The fourth-order valence-electron chi connectivity index (χ4n) is 5.00. The molecule has 2 heterocycles. The Kier molecular flexibility index (Phi) is 9.27. The molecule has 220 valence electrons. The van der Waals surface area contributed by atoms with E-state index in [2.05, 4.69) is 10.6 Å². The third-order valence-electron chi connectivity index (χ3n) is 7.02. The van der Waals surface area contributed by atoms with E-state index in [9.17, 15) is 23.2 Å². The van der Waals surface area contributed by atoms with E-state index in [1.165, 1.54) is 22.8 Å². The van der Waals surface area contributed by atoms with Gasteiger partial charge in [-0.2, -0.15) is 0 Å². The van der Waals surface area contributed by atoms with Gasteiger partial charge in [-0.15, -0.1) is 0 Å². The number of alkyl carbamates (subject to hydrolysis) is 1. The molecule has 4 rings (SSSR count). The van der Waals surface area contributed by atoms with E-state index in [0.29, 0.717) is 43.1 Å². The topological polar surface area (TPSA) is 97.6 Å². The molecular weight excluding hydrogens is 532 g/mol. The van der Waals surface area contributed by atoms with Gasteiger partial charge in [0.05, 0.1) is 19.1 Å². The molecule has 41 heavy (non-hydrogen) atoms. The summed E-state index contributed by atoms with van der Waals surface area (Å²) in [6.07, 6.45) is -0.701. The fourth-order valence-corrected chi connectivity index (χ4v) is 5.00.